The second-order valence-corrected chi connectivity index (χ2v) is 6.10. The zero-order valence-electron chi connectivity index (χ0n) is 11.2. The van der Waals surface area contributed by atoms with Gasteiger partial charge < -0.3 is 0 Å². The molecule has 1 saturated heterocycles. The molecule has 0 aromatic heterocycles. The largest absolute Gasteiger partial charge is 0.296 e. The summed E-state index contributed by atoms with van der Waals surface area (Å²) in [6, 6.07) is 2.81. The van der Waals surface area contributed by atoms with E-state index in [0.29, 0.717) is 6.04 Å². The minimum atomic E-state index is 0.287. The highest BCUT2D eigenvalue weighted by atomic mass is 15.3. The van der Waals surface area contributed by atoms with E-state index >= 15 is 0 Å². The first kappa shape index (κ1) is 12.6. The Morgan fingerprint density at radius 1 is 1.24 bits per heavy atom. The van der Waals surface area contributed by atoms with Gasteiger partial charge in [0.1, 0.15) is 0 Å². The number of allylic oxidation sites excluding steroid dienone is 1. The molecule has 0 amide bonds. The number of nitrogens with zero attached hydrogens (tertiary/aromatic N) is 3. The molecule has 3 nitrogen and oxygen atoms in total. The lowest BCUT2D eigenvalue weighted by Gasteiger charge is -2.43. The van der Waals surface area contributed by atoms with Crippen LogP contribution in [0.5, 0.6) is 0 Å². The van der Waals surface area contributed by atoms with Gasteiger partial charge in [-0.2, -0.15) is 5.26 Å². The van der Waals surface area contributed by atoms with Crippen molar-refractivity contribution in [1.82, 2.24) is 9.80 Å². The van der Waals surface area contributed by atoms with E-state index in [4.69, 9.17) is 5.26 Å². The van der Waals surface area contributed by atoms with Crippen molar-refractivity contribution in [1.29, 1.82) is 5.26 Å². The van der Waals surface area contributed by atoms with Gasteiger partial charge >= 0.3 is 0 Å². The first-order valence-corrected chi connectivity index (χ1v) is 6.60. The molecule has 3 heteroatoms. The van der Waals surface area contributed by atoms with E-state index in [1.54, 1.807) is 0 Å². The fourth-order valence-corrected chi connectivity index (χ4v) is 2.81. The first-order valence-electron chi connectivity index (χ1n) is 6.60. The minimum Gasteiger partial charge on any atom is -0.296 e. The maximum Gasteiger partial charge on any atom is 0.0944 e. The van der Waals surface area contributed by atoms with E-state index in [0.717, 1.165) is 44.6 Å². The number of piperazine rings is 1. The van der Waals surface area contributed by atoms with Gasteiger partial charge in [0.15, 0.2) is 0 Å². The van der Waals surface area contributed by atoms with E-state index in [1.165, 1.54) is 0 Å². The average Bonchev–Trinajstić information content (AvgIpc) is 2.76. The van der Waals surface area contributed by atoms with Gasteiger partial charge in [0.25, 0.3) is 0 Å². The molecule has 0 N–H and O–H groups in total. The predicted molar refractivity (Wildman–Crippen MR) is 69.6 cm³/mol. The molecule has 1 atom stereocenters. The Bertz CT molecular complexity index is 337. The topological polar surface area (TPSA) is 30.3 Å². The monoisotopic (exact) mass is 233 g/mol. The summed E-state index contributed by atoms with van der Waals surface area (Å²) in [6.07, 6.45) is 4.28. The zero-order chi connectivity index (χ0) is 12.5. The van der Waals surface area contributed by atoms with Crippen molar-refractivity contribution in [3.63, 3.8) is 0 Å². The molecule has 1 aliphatic heterocycles. The van der Waals surface area contributed by atoms with E-state index in [9.17, 15) is 0 Å². The van der Waals surface area contributed by atoms with Gasteiger partial charge in [-0.3, -0.25) is 9.80 Å². The molecule has 0 aromatic carbocycles. The van der Waals surface area contributed by atoms with E-state index in [1.807, 2.05) is 0 Å². The van der Waals surface area contributed by atoms with Crippen LogP contribution in [0.2, 0.25) is 0 Å². The Hall–Kier alpha value is -0.850. The quantitative estimate of drug-likeness (QED) is 0.694. The van der Waals surface area contributed by atoms with Gasteiger partial charge in [0.2, 0.25) is 0 Å². The molecule has 94 valence electrons. The first-order chi connectivity index (χ1) is 8.00. The second kappa shape index (κ2) is 4.80. The number of hydrogen-bond donors (Lipinski definition) is 0. The summed E-state index contributed by atoms with van der Waals surface area (Å²) < 4.78 is 0. The van der Waals surface area contributed by atoms with Gasteiger partial charge in [-0.1, -0.05) is 6.08 Å². The third-order valence-corrected chi connectivity index (χ3v) is 3.98. The predicted octanol–water partition coefficient (Wildman–Crippen LogP) is 2.01. The molecule has 1 unspecified atom stereocenters. The highest BCUT2D eigenvalue weighted by Gasteiger charge is 2.29. The van der Waals surface area contributed by atoms with E-state index < -0.39 is 0 Å². The van der Waals surface area contributed by atoms with Crippen molar-refractivity contribution in [2.75, 3.05) is 26.2 Å². The third kappa shape index (κ3) is 2.88. The summed E-state index contributed by atoms with van der Waals surface area (Å²) in [7, 11) is 0. The van der Waals surface area contributed by atoms with Gasteiger partial charge in [0.05, 0.1) is 6.07 Å². The smallest absolute Gasteiger partial charge is 0.0944 e. The van der Waals surface area contributed by atoms with Crippen LogP contribution in [-0.4, -0.2) is 47.6 Å². The third-order valence-electron chi connectivity index (χ3n) is 3.98. The lowest BCUT2D eigenvalue weighted by atomic mass is 10.0. The summed E-state index contributed by atoms with van der Waals surface area (Å²) >= 11 is 0. The van der Waals surface area contributed by atoms with Crippen LogP contribution in [0.3, 0.4) is 0 Å². The van der Waals surface area contributed by atoms with Crippen LogP contribution >= 0.6 is 0 Å². The molecule has 0 aromatic rings. The van der Waals surface area contributed by atoms with Crippen LogP contribution in [0, 0.1) is 11.3 Å². The van der Waals surface area contributed by atoms with Crippen LogP contribution in [-0.2, 0) is 0 Å². The molecule has 0 radical (unpaired) electrons. The number of hydrogen-bond acceptors (Lipinski definition) is 3. The summed E-state index contributed by atoms with van der Waals surface area (Å²) in [4.78, 5) is 5.08. The fourth-order valence-electron chi connectivity index (χ4n) is 2.81. The van der Waals surface area contributed by atoms with Gasteiger partial charge in [-0.15, -0.1) is 0 Å². The Labute approximate surface area is 105 Å². The Kier molecular flexibility index (Phi) is 3.56. The molecule has 1 heterocycles. The molecular weight excluding hydrogens is 210 g/mol. The van der Waals surface area contributed by atoms with Crippen molar-refractivity contribution in [3.05, 3.63) is 11.6 Å². The maximum atomic E-state index is 8.89. The molecule has 0 saturated carbocycles. The standard InChI is InChI=1S/C14H23N3/c1-14(2,3)17-8-6-16(7-9-17)13-5-4-12(10-13)11-15/h10,13H,4-9H2,1-3H3. The summed E-state index contributed by atoms with van der Waals surface area (Å²) in [5.41, 5.74) is 1.27. The van der Waals surface area contributed by atoms with Crippen molar-refractivity contribution in [3.8, 4) is 6.07 Å². The molecule has 2 rings (SSSR count). The average molecular weight is 233 g/mol. The Morgan fingerprint density at radius 3 is 2.35 bits per heavy atom. The van der Waals surface area contributed by atoms with Gasteiger partial charge in [-0.05, 0) is 33.6 Å². The number of rotatable bonds is 1. The van der Waals surface area contributed by atoms with Crippen LogP contribution in [0.25, 0.3) is 0 Å². The molecule has 1 fully saturated rings. The maximum absolute atomic E-state index is 8.89. The van der Waals surface area contributed by atoms with Crippen LogP contribution in [0.1, 0.15) is 33.6 Å². The van der Waals surface area contributed by atoms with Gasteiger partial charge in [0, 0.05) is 43.3 Å². The van der Waals surface area contributed by atoms with Crippen LogP contribution in [0.15, 0.2) is 11.6 Å². The van der Waals surface area contributed by atoms with E-state index in [-0.39, 0.29) is 5.54 Å². The van der Waals surface area contributed by atoms with Crippen LogP contribution in [0.4, 0.5) is 0 Å². The van der Waals surface area contributed by atoms with Crippen molar-refractivity contribution < 1.29 is 0 Å². The normalized spacial score (nSPS) is 27.9. The van der Waals surface area contributed by atoms with Crippen molar-refractivity contribution >= 4 is 0 Å². The molecule has 2 aliphatic rings. The summed E-state index contributed by atoms with van der Waals surface area (Å²) in [6.45, 7) is 11.4. The Balaban J connectivity index is 1.88. The number of nitriles is 1. The molecular formula is C14H23N3. The molecule has 1 aliphatic carbocycles. The summed E-state index contributed by atoms with van der Waals surface area (Å²) in [5.74, 6) is 0. The Morgan fingerprint density at radius 2 is 1.88 bits per heavy atom. The molecule has 0 spiro atoms. The van der Waals surface area contributed by atoms with E-state index in [2.05, 4.69) is 42.7 Å². The highest BCUT2D eigenvalue weighted by Crippen LogP contribution is 2.24. The minimum absolute atomic E-state index is 0.287. The van der Waals surface area contributed by atoms with Gasteiger partial charge in [-0.25, -0.2) is 0 Å². The molecule has 17 heavy (non-hydrogen) atoms. The molecule has 0 bridgehead atoms. The lowest BCUT2D eigenvalue weighted by Crippen LogP contribution is -2.55. The fraction of sp³-hybridized carbons (Fsp3) is 0.786. The summed E-state index contributed by atoms with van der Waals surface area (Å²) in [5, 5.41) is 8.89. The SMILES string of the molecule is CC(C)(C)N1CCN(C2C=C(C#N)CC2)CC1. The second-order valence-electron chi connectivity index (χ2n) is 6.10. The highest BCUT2D eigenvalue weighted by molar-refractivity contribution is 5.27. The lowest BCUT2D eigenvalue weighted by molar-refractivity contribution is 0.0509. The van der Waals surface area contributed by atoms with Crippen molar-refractivity contribution in [2.45, 2.75) is 45.2 Å². The van der Waals surface area contributed by atoms with Crippen molar-refractivity contribution in [2.24, 2.45) is 0 Å². The van der Waals surface area contributed by atoms with Crippen LogP contribution < -0.4 is 0 Å². The zero-order valence-corrected chi connectivity index (χ0v) is 11.2.